The van der Waals surface area contributed by atoms with Gasteiger partial charge in [-0.1, -0.05) is 0 Å². The first-order chi connectivity index (χ1) is 8.49. The molecule has 0 bridgehead atoms. The Bertz CT molecular complexity index is 438. The summed E-state index contributed by atoms with van der Waals surface area (Å²) in [5, 5.41) is 25.7. The van der Waals surface area contributed by atoms with Crippen LogP contribution in [0.5, 0.6) is 0 Å². The molecule has 0 amide bonds. The highest BCUT2D eigenvalue weighted by Crippen LogP contribution is 2.26. The van der Waals surface area contributed by atoms with Gasteiger partial charge in [-0.3, -0.25) is 10.1 Å². The summed E-state index contributed by atoms with van der Waals surface area (Å²) in [6, 6.07) is -0.326. The molecule has 0 spiro atoms. The highest BCUT2D eigenvalue weighted by atomic mass is 16.6. The predicted molar refractivity (Wildman–Crippen MR) is 67.8 cm³/mol. The molecule has 0 aliphatic heterocycles. The average Bonchev–Trinajstić information content (AvgIpc) is 2.28. The molecule has 8 heteroatoms. The van der Waals surface area contributed by atoms with Crippen LogP contribution in [0.15, 0.2) is 0 Å². The fourth-order valence-electron chi connectivity index (χ4n) is 1.40. The van der Waals surface area contributed by atoms with Gasteiger partial charge in [-0.25, -0.2) is 4.98 Å². The maximum Gasteiger partial charge on any atom is 0.332 e. The molecule has 1 aromatic heterocycles. The number of rotatable bonds is 6. The van der Waals surface area contributed by atoms with E-state index in [0.29, 0.717) is 12.5 Å². The van der Waals surface area contributed by atoms with Gasteiger partial charge < -0.3 is 15.7 Å². The first-order valence-electron chi connectivity index (χ1n) is 5.63. The maximum atomic E-state index is 11.0. The van der Waals surface area contributed by atoms with Crippen LogP contribution in [0.25, 0.3) is 0 Å². The molecule has 1 heterocycles. The van der Waals surface area contributed by atoms with Gasteiger partial charge in [-0.15, -0.1) is 0 Å². The van der Waals surface area contributed by atoms with Crippen LogP contribution in [-0.2, 0) is 0 Å². The molecule has 0 radical (unpaired) electrons. The maximum absolute atomic E-state index is 11.0. The molecule has 0 saturated heterocycles. The van der Waals surface area contributed by atoms with E-state index in [2.05, 4.69) is 20.6 Å². The summed E-state index contributed by atoms with van der Waals surface area (Å²) in [5.41, 5.74) is 0.107. The largest absolute Gasteiger partial charge is 0.394 e. The van der Waals surface area contributed by atoms with Gasteiger partial charge in [0.1, 0.15) is 5.69 Å². The smallest absolute Gasteiger partial charge is 0.332 e. The van der Waals surface area contributed by atoms with Crippen LogP contribution in [0, 0.1) is 17.0 Å². The molecule has 0 aliphatic carbocycles. The third-order valence-corrected chi connectivity index (χ3v) is 2.23. The molecule has 1 rings (SSSR count). The molecule has 0 aliphatic rings. The molecule has 18 heavy (non-hydrogen) atoms. The van der Waals surface area contributed by atoms with Crippen molar-refractivity contribution in [3.63, 3.8) is 0 Å². The molecule has 0 aromatic carbocycles. The van der Waals surface area contributed by atoms with E-state index in [1.54, 1.807) is 13.8 Å². The second-order valence-corrected chi connectivity index (χ2v) is 3.85. The number of aliphatic hydroxyl groups is 1. The Morgan fingerprint density at radius 3 is 2.67 bits per heavy atom. The molecule has 1 atom stereocenters. The van der Waals surface area contributed by atoms with Gasteiger partial charge in [0.25, 0.3) is 0 Å². The van der Waals surface area contributed by atoms with Gasteiger partial charge >= 0.3 is 5.69 Å². The van der Waals surface area contributed by atoms with E-state index in [9.17, 15) is 10.1 Å². The Kier molecular flexibility index (Phi) is 4.78. The lowest BCUT2D eigenvalue weighted by Gasteiger charge is -2.13. The highest BCUT2D eigenvalue weighted by molar-refractivity contribution is 5.61. The number of hydrogen-bond acceptors (Lipinski definition) is 7. The second kappa shape index (κ2) is 6.10. The summed E-state index contributed by atoms with van der Waals surface area (Å²) in [6.45, 7) is 5.61. The SMILES string of the molecule is CCNc1nc(C)c([N+](=O)[O-])c(NC(C)CO)n1. The number of hydrogen-bond donors (Lipinski definition) is 3. The molecule has 0 saturated carbocycles. The monoisotopic (exact) mass is 255 g/mol. The van der Waals surface area contributed by atoms with E-state index >= 15 is 0 Å². The van der Waals surface area contributed by atoms with Gasteiger partial charge in [0.05, 0.1) is 11.5 Å². The number of nitrogens with zero attached hydrogens (tertiary/aromatic N) is 3. The quantitative estimate of drug-likeness (QED) is 0.511. The first-order valence-corrected chi connectivity index (χ1v) is 5.63. The molecular formula is C10H17N5O3. The van der Waals surface area contributed by atoms with Crippen molar-refractivity contribution in [2.45, 2.75) is 26.8 Å². The molecular weight excluding hydrogens is 238 g/mol. The van der Waals surface area contributed by atoms with Crippen molar-refractivity contribution < 1.29 is 10.0 Å². The molecule has 1 unspecified atom stereocenters. The van der Waals surface area contributed by atoms with Crippen molar-refractivity contribution in [2.75, 3.05) is 23.8 Å². The van der Waals surface area contributed by atoms with Gasteiger partial charge in [-0.05, 0) is 20.8 Å². The summed E-state index contributed by atoms with van der Waals surface area (Å²) in [4.78, 5) is 18.5. The van der Waals surface area contributed by atoms with Crippen molar-refractivity contribution in [3.05, 3.63) is 15.8 Å². The van der Waals surface area contributed by atoms with Crippen LogP contribution >= 0.6 is 0 Å². The summed E-state index contributed by atoms with van der Waals surface area (Å²) >= 11 is 0. The number of aryl methyl sites for hydroxylation is 1. The summed E-state index contributed by atoms with van der Waals surface area (Å²) < 4.78 is 0. The van der Waals surface area contributed by atoms with Crippen LogP contribution in [0.1, 0.15) is 19.5 Å². The predicted octanol–water partition coefficient (Wildman–Crippen LogP) is 0.918. The zero-order chi connectivity index (χ0) is 13.7. The Morgan fingerprint density at radius 2 is 2.17 bits per heavy atom. The van der Waals surface area contributed by atoms with E-state index in [-0.39, 0.29) is 29.8 Å². The zero-order valence-corrected chi connectivity index (χ0v) is 10.6. The molecule has 0 fully saturated rings. The zero-order valence-electron chi connectivity index (χ0n) is 10.6. The lowest BCUT2D eigenvalue weighted by atomic mass is 10.3. The van der Waals surface area contributed by atoms with Gasteiger partial charge in [0.2, 0.25) is 11.8 Å². The van der Waals surface area contributed by atoms with Crippen molar-refractivity contribution >= 4 is 17.5 Å². The Labute approximate surface area is 105 Å². The van der Waals surface area contributed by atoms with Gasteiger partial charge in [0.15, 0.2) is 0 Å². The molecule has 3 N–H and O–H groups in total. The highest BCUT2D eigenvalue weighted by Gasteiger charge is 2.22. The fraction of sp³-hybridized carbons (Fsp3) is 0.600. The fourth-order valence-corrected chi connectivity index (χ4v) is 1.40. The van der Waals surface area contributed by atoms with E-state index in [0.717, 1.165) is 0 Å². The number of aromatic nitrogens is 2. The normalized spacial score (nSPS) is 12.0. The van der Waals surface area contributed by atoms with Crippen molar-refractivity contribution in [3.8, 4) is 0 Å². The van der Waals surface area contributed by atoms with E-state index < -0.39 is 4.92 Å². The lowest BCUT2D eigenvalue weighted by Crippen LogP contribution is -2.22. The molecule has 100 valence electrons. The van der Waals surface area contributed by atoms with E-state index in [1.807, 2.05) is 6.92 Å². The van der Waals surface area contributed by atoms with Gasteiger partial charge in [-0.2, -0.15) is 4.98 Å². The first kappa shape index (κ1) is 14.1. The number of nitrogens with one attached hydrogen (secondary N) is 2. The number of anilines is 2. The van der Waals surface area contributed by atoms with Crippen molar-refractivity contribution in [2.24, 2.45) is 0 Å². The third-order valence-electron chi connectivity index (χ3n) is 2.23. The topological polar surface area (TPSA) is 113 Å². The standard InChI is InChI=1S/C10H17N5O3/c1-4-11-10-13-7(3)8(15(17)18)9(14-10)12-6(2)5-16/h6,16H,4-5H2,1-3H3,(H2,11,12,13,14). The number of nitro groups is 1. The Hall–Kier alpha value is -1.96. The van der Waals surface area contributed by atoms with E-state index in [1.165, 1.54) is 0 Å². The second-order valence-electron chi connectivity index (χ2n) is 3.85. The minimum absolute atomic E-state index is 0.116. The number of aliphatic hydroxyl groups excluding tert-OH is 1. The van der Waals surface area contributed by atoms with Crippen LogP contribution < -0.4 is 10.6 Å². The Morgan fingerprint density at radius 1 is 1.50 bits per heavy atom. The van der Waals surface area contributed by atoms with Crippen molar-refractivity contribution in [1.29, 1.82) is 0 Å². The van der Waals surface area contributed by atoms with Crippen LogP contribution in [0.3, 0.4) is 0 Å². The summed E-state index contributed by atoms with van der Waals surface area (Å²) in [6.07, 6.45) is 0. The van der Waals surface area contributed by atoms with E-state index in [4.69, 9.17) is 5.11 Å². The lowest BCUT2D eigenvalue weighted by molar-refractivity contribution is -0.385. The van der Waals surface area contributed by atoms with Crippen LogP contribution in [0.4, 0.5) is 17.5 Å². The van der Waals surface area contributed by atoms with Crippen LogP contribution in [-0.4, -0.2) is 39.2 Å². The van der Waals surface area contributed by atoms with Crippen LogP contribution in [0.2, 0.25) is 0 Å². The molecule has 1 aromatic rings. The molecule has 8 nitrogen and oxygen atoms in total. The van der Waals surface area contributed by atoms with Crippen molar-refractivity contribution in [1.82, 2.24) is 9.97 Å². The average molecular weight is 255 g/mol. The third kappa shape index (κ3) is 3.27. The summed E-state index contributed by atoms with van der Waals surface area (Å²) in [7, 11) is 0. The Balaban J connectivity index is 3.19. The minimum Gasteiger partial charge on any atom is -0.394 e. The minimum atomic E-state index is -0.530. The van der Waals surface area contributed by atoms with Gasteiger partial charge in [0, 0.05) is 12.6 Å². The summed E-state index contributed by atoms with van der Waals surface area (Å²) in [5.74, 6) is 0.443.